The van der Waals surface area contributed by atoms with E-state index in [0.29, 0.717) is 4.48 Å². The van der Waals surface area contributed by atoms with E-state index in [0.717, 1.165) is 13.1 Å². The topological polar surface area (TPSA) is 12.0 Å². The van der Waals surface area contributed by atoms with Crippen molar-refractivity contribution < 1.29 is 4.48 Å². The number of halogens is 2. The van der Waals surface area contributed by atoms with Gasteiger partial charge in [-0.05, 0) is 23.2 Å². The van der Waals surface area contributed by atoms with Crippen molar-refractivity contribution >= 4 is 23.2 Å². The molecule has 0 aromatic heterocycles. The van der Waals surface area contributed by atoms with Crippen molar-refractivity contribution in [2.45, 2.75) is 4.58 Å². The summed E-state index contributed by atoms with van der Waals surface area (Å²) in [5.74, 6) is 0. The quantitative estimate of drug-likeness (QED) is 0.321. The van der Waals surface area contributed by atoms with E-state index in [2.05, 4.69) is 5.32 Å². The van der Waals surface area contributed by atoms with Crippen molar-refractivity contribution in [1.29, 1.82) is 0 Å². The number of quaternary nitrogens is 1. The van der Waals surface area contributed by atoms with E-state index in [1.165, 1.54) is 0 Å². The standard InChI is InChI=1S/C5H11Cl2N2/c1-9(2)4-3-8-5(9,6)7/h8H,3-4H2,1-2H3/q+1. The molecule has 9 heavy (non-hydrogen) atoms. The predicted molar refractivity (Wildman–Crippen MR) is 39.4 cm³/mol. The number of hydrogen-bond acceptors (Lipinski definition) is 1. The van der Waals surface area contributed by atoms with Crippen molar-refractivity contribution in [1.82, 2.24) is 5.32 Å². The molecule has 1 aliphatic rings. The highest BCUT2D eigenvalue weighted by molar-refractivity contribution is 6.46. The molecule has 0 bridgehead atoms. The molecule has 0 radical (unpaired) electrons. The molecule has 1 aliphatic heterocycles. The molecule has 2 nitrogen and oxygen atoms in total. The maximum Gasteiger partial charge on any atom is 0.310 e. The maximum atomic E-state index is 5.89. The number of nitrogens with zero attached hydrogens (tertiary/aromatic N) is 1. The van der Waals surface area contributed by atoms with Crippen LogP contribution in [-0.2, 0) is 0 Å². The summed E-state index contributed by atoms with van der Waals surface area (Å²) >= 11 is 11.8. The summed E-state index contributed by atoms with van der Waals surface area (Å²) in [6.45, 7) is 1.87. The summed E-state index contributed by atoms with van der Waals surface area (Å²) in [5, 5.41) is 2.99. The lowest BCUT2D eigenvalue weighted by Gasteiger charge is -2.32. The molecule has 0 saturated carbocycles. The first-order chi connectivity index (χ1) is 3.96. The van der Waals surface area contributed by atoms with E-state index >= 15 is 0 Å². The smallest absolute Gasteiger partial charge is 0.283 e. The van der Waals surface area contributed by atoms with Crippen LogP contribution in [0.5, 0.6) is 0 Å². The summed E-state index contributed by atoms with van der Waals surface area (Å²) in [7, 11) is 4.00. The van der Waals surface area contributed by atoms with Crippen molar-refractivity contribution in [3.8, 4) is 0 Å². The maximum absolute atomic E-state index is 5.89. The normalized spacial score (nSPS) is 30.7. The van der Waals surface area contributed by atoms with E-state index in [-0.39, 0.29) is 0 Å². The molecule has 4 heteroatoms. The van der Waals surface area contributed by atoms with Gasteiger partial charge in [-0.25, -0.2) is 5.32 Å². The Morgan fingerprint density at radius 2 is 2.00 bits per heavy atom. The second kappa shape index (κ2) is 1.99. The second-order valence-corrected chi connectivity index (χ2v) is 4.16. The number of nitrogens with one attached hydrogen (secondary N) is 1. The lowest BCUT2D eigenvalue weighted by atomic mass is 10.6. The van der Waals surface area contributed by atoms with Gasteiger partial charge in [0.1, 0.15) is 0 Å². The third-order valence-electron chi connectivity index (χ3n) is 1.77. The Morgan fingerprint density at radius 1 is 1.44 bits per heavy atom. The van der Waals surface area contributed by atoms with Crippen LogP contribution in [0, 0.1) is 0 Å². The number of likely N-dealkylation sites (N-methyl/N-ethyl adjacent to an activating group) is 1. The van der Waals surface area contributed by atoms with Crippen molar-refractivity contribution in [3.05, 3.63) is 0 Å². The first-order valence-electron chi connectivity index (χ1n) is 2.92. The Hall–Kier alpha value is 0.500. The Labute approximate surface area is 65.3 Å². The molecular formula is C5H11Cl2N2+. The lowest BCUT2D eigenvalue weighted by molar-refractivity contribution is -0.901. The van der Waals surface area contributed by atoms with Gasteiger partial charge >= 0.3 is 4.58 Å². The van der Waals surface area contributed by atoms with Gasteiger partial charge in [0.05, 0.1) is 27.2 Å². The molecule has 54 valence electrons. The fraction of sp³-hybridized carbons (Fsp3) is 1.00. The Morgan fingerprint density at radius 3 is 2.11 bits per heavy atom. The van der Waals surface area contributed by atoms with Crippen LogP contribution in [0.15, 0.2) is 0 Å². The minimum Gasteiger partial charge on any atom is -0.283 e. The number of hydrogen-bond donors (Lipinski definition) is 1. The third-order valence-corrected chi connectivity index (χ3v) is 2.95. The van der Waals surface area contributed by atoms with Crippen molar-refractivity contribution in [3.63, 3.8) is 0 Å². The van der Waals surface area contributed by atoms with Crippen LogP contribution < -0.4 is 5.32 Å². The molecule has 1 rings (SSSR count). The van der Waals surface area contributed by atoms with Crippen LogP contribution >= 0.6 is 23.2 Å². The van der Waals surface area contributed by atoms with Gasteiger partial charge in [0.15, 0.2) is 0 Å². The van der Waals surface area contributed by atoms with Crippen LogP contribution in [0.2, 0.25) is 0 Å². The van der Waals surface area contributed by atoms with Gasteiger partial charge in [0.25, 0.3) is 0 Å². The van der Waals surface area contributed by atoms with Gasteiger partial charge in [0.2, 0.25) is 0 Å². The third kappa shape index (κ3) is 1.17. The highest BCUT2D eigenvalue weighted by Crippen LogP contribution is 2.30. The highest BCUT2D eigenvalue weighted by Gasteiger charge is 2.46. The average Bonchev–Trinajstić information content (AvgIpc) is 1.81. The molecule has 0 unspecified atom stereocenters. The van der Waals surface area contributed by atoms with Gasteiger partial charge in [-0.3, -0.25) is 4.48 Å². The van der Waals surface area contributed by atoms with Gasteiger partial charge in [-0.2, -0.15) is 0 Å². The molecule has 1 heterocycles. The van der Waals surface area contributed by atoms with Crippen LogP contribution in [0.4, 0.5) is 0 Å². The van der Waals surface area contributed by atoms with E-state index in [9.17, 15) is 0 Å². The van der Waals surface area contributed by atoms with Gasteiger partial charge in [-0.1, -0.05) is 0 Å². The zero-order chi connectivity index (χ0) is 7.12. The highest BCUT2D eigenvalue weighted by atomic mass is 35.5. The van der Waals surface area contributed by atoms with Crippen LogP contribution in [0.25, 0.3) is 0 Å². The number of alkyl halides is 2. The monoisotopic (exact) mass is 169 g/mol. The first kappa shape index (κ1) is 7.61. The van der Waals surface area contributed by atoms with Crippen molar-refractivity contribution in [2.75, 3.05) is 27.2 Å². The molecule has 0 spiro atoms. The number of rotatable bonds is 0. The summed E-state index contributed by atoms with van der Waals surface area (Å²) in [5.41, 5.74) is 0. The second-order valence-electron chi connectivity index (χ2n) is 2.88. The summed E-state index contributed by atoms with van der Waals surface area (Å²) in [6, 6.07) is 0. The van der Waals surface area contributed by atoms with E-state index in [1.807, 2.05) is 14.1 Å². The summed E-state index contributed by atoms with van der Waals surface area (Å²) in [6.07, 6.45) is 0. The summed E-state index contributed by atoms with van der Waals surface area (Å²) in [4.78, 5) is 0. The predicted octanol–water partition coefficient (Wildman–Crippen LogP) is 0.755. The minimum atomic E-state index is -0.778. The molecule has 0 amide bonds. The van der Waals surface area contributed by atoms with Crippen LogP contribution in [0.3, 0.4) is 0 Å². The fourth-order valence-electron chi connectivity index (χ4n) is 0.840. The molecule has 0 atom stereocenters. The fourth-order valence-corrected chi connectivity index (χ4v) is 1.20. The van der Waals surface area contributed by atoms with Crippen LogP contribution in [-0.4, -0.2) is 36.2 Å². The van der Waals surface area contributed by atoms with Gasteiger partial charge in [-0.15, -0.1) is 0 Å². The van der Waals surface area contributed by atoms with E-state index in [1.54, 1.807) is 0 Å². The Kier molecular flexibility index (Phi) is 1.68. The van der Waals surface area contributed by atoms with Gasteiger partial charge in [0, 0.05) is 0 Å². The largest absolute Gasteiger partial charge is 0.310 e. The molecule has 1 N–H and O–H groups in total. The van der Waals surface area contributed by atoms with E-state index < -0.39 is 4.58 Å². The molecule has 1 fully saturated rings. The molecule has 0 aromatic carbocycles. The minimum absolute atomic E-state index is 0.621. The summed E-state index contributed by atoms with van der Waals surface area (Å²) < 4.78 is -0.157. The molecule has 0 aromatic rings. The van der Waals surface area contributed by atoms with Gasteiger partial charge < -0.3 is 0 Å². The van der Waals surface area contributed by atoms with E-state index in [4.69, 9.17) is 23.2 Å². The first-order valence-corrected chi connectivity index (χ1v) is 3.67. The lowest BCUT2D eigenvalue weighted by Crippen LogP contribution is -2.52. The molecule has 0 aliphatic carbocycles. The Bertz CT molecular complexity index is 108. The Balaban J connectivity index is 2.75. The van der Waals surface area contributed by atoms with Crippen LogP contribution in [0.1, 0.15) is 0 Å². The molecular weight excluding hydrogens is 159 g/mol. The van der Waals surface area contributed by atoms with Crippen molar-refractivity contribution in [2.24, 2.45) is 0 Å². The zero-order valence-electron chi connectivity index (χ0n) is 5.62. The SMILES string of the molecule is C[N+]1(C)CCNC1(Cl)Cl. The molecule has 1 saturated heterocycles. The average molecular weight is 170 g/mol. The zero-order valence-corrected chi connectivity index (χ0v) is 7.13.